The Bertz CT molecular complexity index is 1140. The summed E-state index contributed by atoms with van der Waals surface area (Å²) >= 11 is 4.39. The van der Waals surface area contributed by atoms with Crippen molar-refractivity contribution in [3.8, 4) is 11.5 Å². The smallest absolute Gasteiger partial charge is 0.354 e. The summed E-state index contributed by atoms with van der Waals surface area (Å²) in [5.41, 5.74) is 2.75. The topological polar surface area (TPSA) is 104 Å². The van der Waals surface area contributed by atoms with Crippen LogP contribution in [0.4, 0.5) is 21.9 Å². The van der Waals surface area contributed by atoms with Crippen molar-refractivity contribution in [1.82, 2.24) is 4.98 Å². The van der Waals surface area contributed by atoms with Crippen molar-refractivity contribution in [3.05, 3.63) is 72.1 Å². The summed E-state index contributed by atoms with van der Waals surface area (Å²) in [4.78, 5) is 27.7. The number of nitrogens with zero attached hydrogens (tertiary/aromatic N) is 2. The van der Waals surface area contributed by atoms with Gasteiger partial charge in [0.1, 0.15) is 11.5 Å². The number of hydrogen-bond donors (Lipinski definition) is 4. The van der Waals surface area contributed by atoms with Gasteiger partial charge in [0.25, 0.3) is 0 Å². The lowest BCUT2D eigenvalue weighted by Crippen LogP contribution is -2.27. The van der Waals surface area contributed by atoms with Gasteiger partial charge in [-0.3, -0.25) is 0 Å². The first-order chi connectivity index (χ1) is 15.3. The number of carbonyl (C=O) groups is 2. The van der Waals surface area contributed by atoms with Gasteiger partial charge in [0, 0.05) is 31.1 Å². The lowest BCUT2D eigenvalue weighted by Gasteiger charge is -2.21. The molecule has 3 rings (SSSR count). The van der Waals surface area contributed by atoms with Crippen molar-refractivity contribution in [2.24, 2.45) is 0 Å². The molecule has 0 aliphatic carbocycles. The van der Waals surface area contributed by atoms with Gasteiger partial charge in [-0.2, -0.15) is 0 Å². The summed E-state index contributed by atoms with van der Waals surface area (Å²) in [6.45, 7) is 4.16. The van der Waals surface area contributed by atoms with Crippen LogP contribution in [-0.4, -0.2) is 29.1 Å². The Balaban J connectivity index is 1.83. The molecule has 32 heavy (non-hydrogen) atoms. The lowest BCUT2D eigenvalue weighted by atomic mass is 10.0. The maximum absolute atomic E-state index is 12.8. The second kappa shape index (κ2) is 10.1. The number of carboxylic acids is 1. The molecule has 0 saturated heterocycles. The van der Waals surface area contributed by atoms with Gasteiger partial charge >= 0.3 is 12.0 Å². The van der Waals surface area contributed by atoms with E-state index in [4.69, 9.17) is 9.84 Å². The van der Waals surface area contributed by atoms with Gasteiger partial charge in [-0.25, -0.2) is 18.9 Å². The molecule has 2 aromatic carbocycles. The monoisotopic (exact) mass is 452 g/mol. The van der Waals surface area contributed by atoms with Crippen molar-refractivity contribution in [2.75, 3.05) is 22.0 Å². The Hall–Kier alpha value is -3.72. The average Bonchev–Trinajstić information content (AvgIpc) is 2.78. The molecule has 0 bridgehead atoms. The SMILES string of the molecule is CNc1ccc(Oc2ccnc(C(=O)O)c2)cc1N(S)C(=O)Nc1cccc(C(C)C)c1. The highest BCUT2D eigenvalue weighted by Gasteiger charge is 2.18. The first-order valence-electron chi connectivity index (χ1n) is 9.87. The summed E-state index contributed by atoms with van der Waals surface area (Å²) in [5.74, 6) is -0.115. The summed E-state index contributed by atoms with van der Waals surface area (Å²) in [6.07, 6.45) is 1.35. The zero-order chi connectivity index (χ0) is 23.3. The van der Waals surface area contributed by atoms with Gasteiger partial charge in [0.2, 0.25) is 0 Å². The van der Waals surface area contributed by atoms with Crippen molar-refractivity contribution >= 4 is 41.9 Å². The summed E-state index contributed by atoms with van der Waals surface area (Å²) in [6, 6.07) is 15.1. The van der Waals surface area contributed by atoms with E-state index in [-0.39, 0.29) is 5.69 Å². The number of ether oxygens (including phenoxy) is 1. The van der Waals surface area contributed by atoms with E-state index in [1.54, 1.807) is 31.3 Å². The van der Waals surface area contributed by atoms with Crippen LogP contribution in [0, 0.1) is 0 Å². The Morgan fingerprint density at radius 1 is 1.09 bits per heavy atom. The number of carbonyl (C=O) groups excluding carboxylic acids is 1. The zero-order valence-electron chi connectivity index (χ0n) is 17.9. The number of anilines is 3. The molecule has 0 unspecified atom stereocenters. The van der Waals surface area contributed by atoms with E-state index < -0.39 is 12.0 Å². The van der Waals surface area contributed by atoms with Crippen LogP contribution in [0.15, 0.2) is 60.8 Å². The molecule has 0 atom stereocenters. The first kappa shape index (κ1) is 23.0. The standard InChI is InChI=1S/C23H24N4O4S/c1-14(2)15-5-4-6-16(11-15)26-23(30)27(32)21-13-17(7-8-19(21)24-3)31-18-9-10-25-20(12-18)22(28)29/h4-14,24,32H,1-3H3,(H,26,30)(H,28,29). The number of carboxylic acid groups (broad SMARTS) is 1. The number of nitrogens with one attached hydrogen (secondary N) is 2. The van der Waals surface area contributed by atoms with Gasteiger partial charge in [0.15, 0.2) is 5.69 Å². The number of aromatic nitrogens is 1. The molecule has 1 aromatic heterocycles. The Labute approximate surface area is 191 Å². The number of pyridine rings is 1. The van der Waals surface area contributed by atoms with Crippen LogP contribution in [0.2, 0.25) is 0 Å². The summed E-state index contributed by atoms with van der Waals surface area (Å²) < 4.78 is 6.95. The predicted octanol–water partition coefficient (Wildman–Crippen LogP) is 5.62. The molecule has 2 amide bonds. The molecule has 0 aliphatic heterocycles. The van der Waals surface area contributed by atoms with E-state index in [9.17, 15) is 9.59 Å². The minimum absolute atomic E-state index is 0.131. The molecule has 9 heteroatoms. The van der Waals surface area contributed by atoms with Crippen LogP contribution in [-0.2, 0) is 0 Å². The summed E-state index contributed by atoms with van der Waals surface area (Å²) in [7, 11) is 1.73. The normalized spacial score (nSPS) is 10.5. The minimum Gasteiger partial charge on any atom is -0.477 e. The molecule has 0 saturated carbocycles. The third-order valence-electron chi connectivity index (χ3n) is 4.65. The molecule has 0 radical (unpaired) electrons. The van der Waals surface area contributed by atoms with E-state index in [0.717, 1.165) is 5.56 Å². The number of aromatic carboxylic acids is 1. The van der Waals surface area contributed by atoms with Crippen LogP contribution in [0.25, 0.3) is 0 Å². The second-order valence-corrected chi connectivity index (χ2v) is 7.64. The van der Waals surface area contributed by atoms with Gasteiger partial charge in [-0.1, -0.05) is 38.8 Å². The van der Waals surface area contributed by atoms with E-state index in [2.05, 4.69) is 42.3 Å². The number of urea groups is 1. The maximum Gasteiger partial charge on any atom is 0.354 e. The Morgan fingerprint density at radius 3 is 2.53 bits per heavy atom. The minimum atomic E-state index is -1.15. The van der Waals surface area contributed by atoms with E-state index in [0.29, 0.717) is 34.5 Å². The third kappa shape index (κ3) is 5.50. The molecule has 166 valence electrons. The third-order valence-corrected chi connectivity index (χ3v) is 5.05. The number of benzene rings is 2. The fourth-order valence-electron chi connectivity index (χ4n) is 2.95. The van der Waals surface area contributed by atoms with Crippen LogP contribution in [0.5, 0.6) is 11.5 Å². The number of rotatable bonds is 7. The highest BCUT2D eigenvalue weighted by molar-refractivity contribution is 7.82. The van der Waals surface area contributed by atoms with Gasteiger partial charge in [-0.15, -0.1) is 0 Å². The number of hydrogen-bond acceptors (Lipinski definition) is 6. The van der Waals surface area contributed by atoms with Gasteiger partial charge < -0.3 is 20.5 Å². The van der Waals surface area contributed by atoms with Gasteiger partial charge in [0.05, 0.1) is 11.4 Å². The van der Waals surface area contributed by atoms with Crippen LogP contribution in [0.3, 0.4) is 0 Å². The zero-order valence-corrected chi connectivity index (χ0v) is 18.8. The molecule has 0 aliphatic rings. The van der Waals surface area contributed by atoms with Gasteiger partial charge in [-0.05, 0) is 41.8 Å². The second-order valence-electron chi connectivity index (χ2n) is 7.24. The number of thiol groups is 1. The maximum atomic E-state index is 12.8. The highest BCUT2D eigenvalue weighted by atomic mass is 32.1. The van der Waals surface area contributed by atoms with Crippen LogP contribution in [0.1, 0.15) is 35.8 Å². The lowest BCUT2D eigenvalue weighted by molar-refractivity contribution is 0.0690. The highest BCUT2D eigenvalue weighted by Crippen LogP contribution is 2.34. The van der Waals surface area contributed by atoms with E-state index in [1.165, 1.54) is 16.6 Å². The van der Waals surface area contributed by atoms with Crippen LogP contribution < -0.4 is 19.7 Å². The Morgan fingerprint density at radius 2 is 1.84 bits per heavy atom. The molecule has 8 nitrogen and oxygen atoms in total. The van der Waals surface area contributed by atoms with E-state index >= 15 is 0 Å². The molecule has 3 N–H and O–H groups in total. The predicted molar refractivity (Wildman–Crippen MR) is 128 cm³/mol. The van der Waals surface area contributed by atoms with E-state index in [1.807, 2.05) is 24.3 Å². The van der Waals surface area contributed by atoms with Crippen molar-refractivity contribution in [1.29, 1.82) is 0 Å². The van der Waals surface area contributed by atoms with Crippen molar-refractivity contribution in [2.45, 2.75) is 19.8 Å². The van der Waals surface area contributed by atoms with Crippen molar-refractivity contribution in [3.63, 3.8) is 0 Å². The largest absolute Gasteiger partial charge is 0.477 e. The quantitative estimate of drug-likeness (QED) is 0.347. The van der Waals surface area contributed by atoms with Crippen molar-refractivity contribution < 1.29 is 19.4 Å². The molecule has 3 aromatic rings. The first-order valence-corrected chi connectivity index (χ1v) is 10.3. The number of amides is 2. The molecule has 0 spiro atoms. The molecule has 1 heterocycles. The summed E-state index contributed by atoms with van der Waals surface area (Å²) in [5, 5.41) is 15.0. The molecular weight excluding hydrogens is 428 g/mol. The molecule has 0 fully saturated rings. The fourth-order valence-corrected chi connectivity index (χ4v) is 3.17. The van der Waals surface area contributed by atoms with Crippen LogP contribution >= 0.6 is 12.8 Å². The Kier molecular flexibility index (Phi) is 7.21. The fraction of sp³-hybridized carbons (Fsp3) is 0.174. The average molecular weight is 453 g/mol. The molecular formula is C23H24N4O4S.